The summed E-state index contributed by atoms with van der Waals surface area (Å²) < 4.78 is 27.2. The van der Waals surface area contributed by atoms with Crippen LogP contribution in [-0.2, 0) is 18.4 Å². The van der Waals surface area contributed by atoms with Crippen LogP contribution >= 0.6 is 11.3 Å². The largest absolute Gasteiger partial charge is 0.313 e. The maximum Gasteiger partial charge on any atom is 0.272 e. The summed E-state index contributed by atoms with van der Waals surface area (Å²) in [6, 6.07) is 10.4. The van der Waals surface area contributed by atoms with Crippen LogP contribution in [0.25, 0.3) is 11.0 Å². The first kappa shape index (κ1) is 35.7. The number of hydrogen-bond donors (Lipinski definition) is 2. The summed E-state index contributed by atoms with van der Waals surface area (Å²) in [4.78, 5) is 29.3. The number of amides is 1. The number of anilines is 1. The number of alkyl halides is 2. The van der Waals surface area contributed by atoms with E-state index in [4.69, 9.17) is 5.26 Å². The van der Waals surface area contributed by atoms with E-state index in [1.807, 2.05) is 39.1 Å². The molecule has 0 radical (unpaired) electrons. The minimum atomic E-state index is -2.58. The molecule has 2 N–H and O–H groups in total. The third-order valence-corrected chi connectivity index (χ3v) is 7.41. The highest BCUT2D eigenvalue weighted by molar-refractivity contribution is 7.14. The summed E-state index contributed by atoms with van der Waals surface area (Å²) in [5, 5.41) is 14.4. The number of imidazole rings is 1. The quantitative estimate of drug-likeness (QED) is 0.162. The van der Waals surface area contributed by atoms with Gasteiger partial charge in [-0.2, -0.15) is 5.26 Å². The summed E-state index contributed by atoms with van der Waals surface area (Å²) in [5.74, 6) is 0.207. The number of carbonyl (C=O) groups is 2. The molecule has 8 nitrogen and oxygen atoms in total. The Labute approximate surface area is 257 Å². The van der Waals surface area contributed by atoms with Crippen LogP contribution in [0.5, 0.6) is 0 Å². The Hall–Kier alpha value is -3.46. The molecule has 1 saturated heterocycles. The standard InChI is InChI=1S/C20H24F2N4OS.C7H9NO.C5H11N/c1-20(2,3)11-23-10-12-5-6-14-13(9-12)24-19(26(14)4)25-18(27)16-8-7-15(28-16)17(21)22;1-6(2)3-7(4-8)5-9;1-6-4-2-3-5-6/h5-9,17,23H,10-11H2,1-4H3,(H,24,25,27);3,5-6H,1-2H3;2-5H2,1H3/b;7-3+;. The molecule has 0 atom stereocenters. The van der Waals surface area contributed by atoms with E-state index in [9.17, 15) is 18.4 Å². The van der Waals surface area contributed by atoms with E-state index < -0.39 is 12.3 Å². The zero-order valence-corrected chi connectivity index (χ0v) is 27.0. The number of hydrogen-bond acceptors (Lipinski definition) is 7. The highest BCUT2D eigenvalue weighted by atomic mass is 32.1. The Bertz CT molecular complexity index is 1410. The Kier molecular flexibility index (Phi) is 14.1. The Balaban J connectivity index is 0.000000352. The molecule has 43 heavy (non-hydrogen) atoms. The van der Waals surface area contributed by atoms with Gasteiger partial charge in [-0.1, -0.05) is 46.8 Å². The van der Waals surface area contributed by atoms with E-state index in [0.717, 1.165) is 41.0 Å². The zero-order valence-electron chi connectivity index (χ0n) is 26.2. The molecule has 1 aliphatic heterocycles. The number of nitriles is 1. The van der Waals surface area contributed by atoms with Gasteiger partial charge in [0.25, 0.3) is 12.3 Å². The lowest BCUT2D eigenvalue weighted by Crippen LogP contribution is -2.26. The number of halogens is 2. The molecule has 11 heteroatoms. The lowest BCUT2D eigenvalue weighted by atomic mass is 9.97. The zero-order chi connectivity index (χ0) is 32.2. The van der Waals surface area contributed by atoms with Gasteiger partial charge in [-0.05, 0) is 74.1 Å². The smallest absolute Gasteiger partial charge is 0.272 e. The first-order valence-electron chi connectivity index (χ1n) is 14.3. The number of aromatic nitrogens is 2. The van der Waals surface area contributed by atoms with Gasteiger partial charge in [-0.25, -0.2) is 13.8 Å². The van der Waals surface area contributed by atoms with Crippen molar-refractivity contribution >= 4 is 40.5 Å². The predicted molar refractivity (Wildman–Crippen MR) is 170 cm³/mol. The highest BCUT2D eigenvalue weighted by Gasteiger charge is 2.17. The van der Waals surface area contributed by atoms with Crippen molar-refractivity contribution in [2.75, 3.05) is 32.0 Å². The number of benzene rings is 1. The van der Waals surface area contributed by atoms with Gasteiger partial charge in [-0.15, -0.1) is 11.3 Å². The molecule has 3 aromatic rings. The number of rotatable bonds is 8. The fraction of sp³-hybridized carbons (Fsp3) is 0.500. The minimum absolute atomic E-state index is 0.123. The van der Waals surface area contributed by atoms with E-state index in [2.05, 4.69) is 48.3 Å². The van der Waals surface area contributed by atoms with Crippen molar-refractivity contribution in [3.05, 3.63) is 57.3 Å². The summed E-state index contributed by atoms with van der Waals surface area (Å²) in [7, 11) is 3.98. The van der Waals surface area contributed by atoms with Crippen LogP contribution in [0.2, 0.25) is 0 Å². The van der Waals surface area contributed by atoms with Crippen LogP contribution in [0.3, 0.4) is 0 Å². The minimum Gasteiger partial charge on any atom is -0.313 e. The number of carbonyl (C=O) groups excluding carboxylic acids is 2. The molecule has 0 saturated carbocycles. The topological polar surface area (TPSA) is 103 Å². The molecule has 4 rings (SSSR count). The Morgan fingerprint density at radius 2 is 1.84 bits per heavy atom. The van der Waals surface area contributed by atoms with Crippen molar-refractivity contribution < 1.29 is 18.4 Å². The summed E-state index contributed by atoms with van der Waals surface area (Å²) in [6.45, 7) is 14.6. The molecule has 0 aliphatic carbocycles. The van der Waals surface area contributed by atoms with E-state index in [0.29, 0.717) is 12.2 Å². The van der Waals surface area contributed by atoms with Crippen molar-refractivity contribution in [1.29, 1.82) is 5.26 Å². The maximum atomic E-state index is 12.7. The van der Waals surface area contributed by atoms with E-state index >= 15 is 0 Å². The van der Waals surface area contributed by atoms with E-state index in [1.54, 1.807) is 16.7 Å². The van der Waals surface area contributed by atoms with Crippen LogP contribution in [0.1, 0.15) is 74.0 Å². The molecule has 0 bridgehead atoms. The lowest BCUT2D eigenvalue weighted by molar-refractivity contribution is -0.104. The number of thiophene rings is 1. The Morgan fingerprint density at radius 1 is 1.16 bits per heavy atom. The van der Waals surface area contributed by atoms with Crippen LogP contribution in [-0.4, -0.2) is 53.3 Å². The number of fused-ring (bicyclic) bond motifs is 1. The van der Waals surface area contributed by atoms with Gasteiger partial charge in [-0.3, -0.25) is 14.9 Å². The summed E-state index contributed by atoms with van der Waals surface area (Å²) >= 11 is 0.787. The van der Waals surface area contributed by atoms with Crippen LogP contribution < -0.4 is 10.6 Å². The summed E-state index contributed by atoms with van der Waals surface area (Å²) in [6.07, 6.45) is 2.45. The molecule has 0 unspecified atom stereocenters. The monoisotopic (exact) mass is 614 g/mol. The number of nitrogens with zero attached hydrogens (tertiary/aromatic N) is 4. The molecule has 234 valence electrons. The molecule has 2 aromatic heterocycles. The second-order valence-electron chi connectivity index (χ2n) is 12.0. The number of likely N-dealkylation sites (tertiary alicyclic amines) is 1. The molecule has 3 heterocycles. The second-order valence-corrected chi connectivity index (χ2v) is 13.2. The first-order valence-corrected chi connectivity index (χ1v) is 15.2. The van der Waals surface area contributed by atoms with Crippen LogP contribution in [0, 0.1) is 22.7 Å². The van der Waals surface area contributed by atoms with E-state index in [1.165, 1.54) is 38.1 Å². The Morgan fingerprint density at radius 3 is 2.30 bits per heavy atom. The molecular weight excluding hydrogens is 570 g/mol. The van der Waals surface area contributed by atoms with Gasteiger partial charge in [0, 0.05) is 20.1 Å². The number of nitrogens with one attached hydrogen (secondary N) is 2. The lowest BCUT2D eigenvalue weighted by Gasteiger charge is -2.18. The number of aldehydes is 1. The van der Waals surface area contributed by atoms with Crippen LogP contribution in [0.4, 0.5) is 14.7 Å². The van der Waals surface area contributed by atoms with Crippen molar-refractivity contribution in [3.8, 4) is 6.07 Å². The maximum absolute atomic E-state index is 12.7. The molecular formula is C32H44F2N6O2S. The molecule has 1 fully saturated rings. The fourth-order valence-corrected chi connectivity index (χ4v) is 4.90. The normalized spacial score (nSPS) is 13.8. The van der Waals surface area contributed by atoms with Gasteiger partial charge in [0.05, 0.1) is 26.4 Å². The average Bonchev–Trinajstić information content (AvgIpc) is 3.68. The first-order chi connectivity index (χ1) is 20.2. The number of aryl methyl sites for hydroxylation is 1. The van der Waals surface area contributed by atoms with Crippen molar-refractivity contribution in [1.82, 2.24) is 19.8 Å². The van der Waals surface area contributed by atoms with Gasteiger partial charge in [0.1, 0.15) is 6.07 Å². The number of allylic oxidation sites excluding steroid dienone is 2. The predicted octanol–water partition coefficient (Wildman–Crippen LogP) is 6.96. The van der Waals surface area contributed by atoms with Crippen LogP contribution in [0.15, 0.2) is 42.0 Å². The van der Waals surface area contributed by atoms with E-state index in [-0.39, 0.29) is 26.7 Å². The average molecular weight is 615 g/mol. The van der Waals surface area contributed by atoms with Gasteiger partial charge < -0.3 is 14.8 Å². The second kappa shape index (κ2) is 17.0. The van der Waals surface area contributed by atoms with Gasteiger partial charge >= 0.3 is 0 Å². The van der Waals surface area contributed by atoms with Crippen molar-refractivity contribution in [2.24, 2.45) is 18.4 Å². The van der Waals surface area contributed by atoms with Gasteiger partial charge in [0.2, 0.25) is 5.95 Å². The summed E-state index contributed by atoms with van der Waals surface area (Å²) in [5.41, 5.74) is 3.18. The van der Waals surface area contributed by atoms with Crippen molar-refractivity contribution in [3.63, 3.8) is 0 Å². The molecule has 1 aliphatic rings. The molecule has 1 amide bonds. The third kappa shape index (κ3) is 12.4. The molecule has 1 aromatic carbocycles. The SMILES string of the molecule is CC(C)/C=C(\C#N)C=O.CN1CCCC1.Cn1c(NC(=O)c2ccc(C(F)F)s2)nc2cc(CNCC(C)(C)C)ccc21. The third-order valence-electron chi connectivity index (χ3n) is 6.32. The van der Waals surface area contributed by atoms with Gasteiger partial charge in [0.15, 0.2) is 6.29 Å². The fourth-order valence-electron chi connectivity index (χ4n) is 4.14. The molecule has 0 spiro atoms. The van der Waals surface area contributed by atoms with Crippen molar-refractivity contribution in [2.45, 2.75) is 60.4 Å². The highest BCUT2D eigenvalue weighted by Crippen LogP contribution is 2.28.